The molecule has 0 saturated heterocycles. The maximum absolute atomic E-state index is 11.0. The fraction of sp³-hybridized carbons (Fsp3) is 0.600. The number of rotatable bonds is 2. The summed E-state index contributed by atoms with van der Waals surface area (Å²) in [5, 5.41) is 13.3. The number of aromatic nitrogens is 2. The Balaban J connectivity index is 2.14. The van der Waals surface area contributed by atoms with Gasteiger partial charge in [-0.2, -0.15) is 5.10 Å². The van der Waals surface area contributed by atoms with E-state index in [2.05, 4.69) is 5.10 Å². The molecule has 1 aliphatic carbocycles. The Morgan fingerprint density at radius 1 is 1.80 bits per heavy atom. The molecule has 0 bridgehead atoms. The quantitative estimate of drug-likeness (QED) is 0.751. The van der Waals surface area contributed by atoms with Crippen LogP contribution in [0.25, 0.3) is 0 Å². The molecule has 3 N–H and O–H groups in total. The molecule has 0 amide bonds. The van der Waals surface area contributed by atoms with E-state index < -0.39 is 11.5 Å². The lowest BCUT2D eigenvalue weighted by molar-refractivity contribution is -0.143. The van der Waals surface area contributed by atoms with E-state index in [1.165, 1.54) is 0 Å². The van der Waals surface area contributed by atoms with E-state index in [0.717, 1.165) is 12.1 Å². The van der Waals surface area contributed by atoms with Crippen molar-refractivity contribution >= 4 is 5.97 Å². The fourth-order valence-corrected chi connectivity index (χ4v) is 2.11. The average molecular weight is 209 g/mol. The van der Waals surface area contributed by atoms with Gasteiger partial charge in [-0.05, 0) is 32.3 Å². The van der Waals surface area contributed by atoms with Crippen molar-refractivity contribution in [3.8, 4) is 0 Å². The molecule has 15 heavy (non-hydrogen) atoms. The maximum atomic E-state index is 11.0. The molecule has 2 unspecified atom stereocenters. The third kappa shape index (κ3) is 1.74. The van der Waals surface area contributed by atoms with Crippen LogP contribution in [0.4, 0.5) is 0 Å². The second-order valence-corrected chi connectivity index (χ2v) is 4.30. The largest absolute Gasteiger partial charge is 0.480 e. The van der Waals surface area contributed by atoms with Gasteiger partial charge in [-0.15, -0.1) is 0 Å². The van der Waals surface area contributed by atoms with Gasteiger partial charge in [0.05, 0.1) is 11.7 Å². The lowest BCUT2D eigenvalue weighted by Gasteiger charge is -2.18. The van der Waals surface area contributed by atoms with E-state index in [0.29, 0.717) is 12.8 Å². The number of aliphatic carboxylic acids is 1. The molecule has 2 atom stereocenters. The van der Waals surface area contributed by atoms with Gasteiger partial charge in [-0.25, -0.2) is 0 Å². The highest BCUT2D eigenvalue weighted by Crippen LogP contribution is 2.35. The van der Waals surface area contributed by atoms with Crippen LogP contribution in [-0.4, -0.2) is 26.4 Å². The molecule has 5 heteroatoms. The van der Waals surface area contributed by atoms with Crippen LogP contribution in [0, 0.1) is 6.92 Å². The second kappa shape index (κ2) is 3.34. The zero-order valence-electron chi connectivity index (χ0n) is 8.68. The van der Waals surface area contributed by atoms with Crippen LogP contribution in [0.3, 0.4) is 0 Å². The Morgan fingerprint density at radius 2 is 2.53 bits per heavy atom. The van der Waals surface area contributed by atoms with Crippen molar-refractivity contribution < 1.29 is 9.90 Å². The first-order valence-electron chi connectivity index (χ1n) is 5.05. The Morgan fingerprint density at radius 3 is 3.00 bits per heavy atom. The predicted molar refractivity (Wildman–Crippen MR) is 54.4 cm³/mol. The summed E-state index contributed by atoms with van der Waals surface area (Å²) < 4.78 is 1.83. The highest BCUT2D eigenvalue weighted by Gasteiger charge is 2.42. The van der Waals surface area contributed by atoms with Gasteiger partial charge < -0.3 is 10.8 Å². The monoisotopic (exact) mass is 209 g/mol. The third-order valence-electron chi connectivity index (χ3n) is 3.07. The van der Waals surface area contributed by atoms with Crippen molar-refractivity contribution in [2.24, 2.45) is 5.73 Å². The Labute approximate surface area is 87.9 Å². The van der Waals surface area contributed by atoms with Gasteiger partial charge in [-0.3, -0.25) is 9.48 Å². The van der Waals surface area contributed by atoms with E-state index in [1.807, 2.05) is 23.9 Å². The van der Waals surface area contributed by atoms with Crippen LogP contribution in [-0.2, 0) is 4.79 Å². The van der Waals surface area contributed by atoms with Crippen LogP contribution in [0.5, 0.6) is 0 Å². The van der Waals surface area contributed by atoms with Gasteiger partial charge in [0.15, 0.2) is 0 Å². The minimum absolute atomic E-state index is 0.125. The first-order valence-corrected chi connectivity index (χ1v) is 5.05. The zero-order valence-corrected chi connectivity index (χ0v) is 8.68. The summed E-state index contributed by atoms with van der Waals surface area (Å²) >= 11 is 0. The van der Waals surface area contributed by atoms with Crippen LogP contribution in [0.15, 0.2) is 12.3 Å². The molecule has 0 aliphatic heterocycles. The molecule has 1 aliphatic rings. The molecule has 0 radical (unpaired) electrons. The van der Waals surface area contributed by atoms with E-state index in [4.69, 9.17) is 10.8 Å². The number of hydrogen-bond acceptors (Lipinski definition) is 3. The number of nitrogens with zero attached hydrogens (tertiary/aromatic N) is 2. The topological polar surface area (TPSA) is 81.1 Å². The maximum Gasteiger partial charge on any atom is 0.323 e. The number of carbonyl (C=O) groups is 1. The van der Waals surface area contributed by atoms with E-state index in [9.17, 15) is 4.79 Å². The van der Waals surface area contributed by atoms with Crippen molar-refractivity contribution in [2.75, 3.05) is 0 Å². The van der Waals surface area contributed by atoms with Crippen LogP contribution in [0.2, 0.25) is 0 Å². The summed E-state index contributed by atoms with van der Waals surface area (Å²) in [5.74, 6) is -0.908. The fourth-order valence-electron chi connectivity index (χ4n) is 2.11. The Bertz CT molecular complexity index is 388. The molecule has 0 spiro atoms. The summed E-state index contributed by atoms with van der Waals surface area (Å²) in [7, 11) is 0. The van der Waals surface area contributed by atoms with Gasteiger partial charge >= 0.3 is 5.97 Å². The number of carboxylic acids is 1. The van der Waals surface area contributed by atoms with Crippen LogP contribution < -0.4 is 5.73 Å². The molecule has 1 saturated carbocycles. The smallest absolute Gasteiger partial charge is 0.323 e. The van der Waals surface area contributed by atoms with Gasteiger partial charge in [0.1, 0.15) is 5.54 Å². The first-order chi connectivity index (χ1) is 7.01. The lowest BCUT2D eigenvalue weighted by Crippen LogP contribution is -2.45. The van der Waals surface area contributed by atoms with E-state index >= 15 is 0 Å². The molecule has 1 aromatic rings. The van der Waals surface area contributed by atoms with Gasteiger partial charge in [-0.1, -0.05) is 0 Å². The molecular weight excluding hydrogens is 194 g/mol. The van der Waals surface area contributed by atoms with Gasteiger partial charge in [0, 0.05) is 6.20 Å². The first kappa shape index (κ1) is 10.2. The van der Waals surface area contributed by atoms with Crippen molar-refractivity contribution in [3.05, 3.63) is 18.0 Å². The lowest BCUT2D eigenvalue weighted by atomic mass is 9.99. The highest BCUT2D eigenvalue weighted by atomic mass is 16.4. The second-order valence-electron chi connectivity index (χ2n) is 4.30. The van der Waals surface area contributed by atoms with E-state index in [-0.39, 0.29) is 6.04 Å². The minimum Gasteiger partial charge on any atom is -0.480 e. The number of hydrogen-bond donors (Lipinski definition) is 2. The molecule has 82 valence electrons. The molecular formula is C10H15N3O2. The van der Waals surface area contributed by atoms with Crippen LogP contribution in [0.1, 0.15) is 31.0 Å². The third-order valence-corrected chi connectivity index (χ3v) is 3.07. The van der Waals surface area contributed by atoms with Crippen molar-refractivity contribution in [1.82, 2.24) is 9.78 Å². The van der Waals surface area contributed by atoms with Crippen molar-refractivity contribution in [1.29, 1.82) is 0 Å². The van der Waals surface area contributed by atoms with Crippen molar-refractivity contribution in [2.45, 2.75) is 37.8 Å². The van der Waals surface area contributed by atoms with Gasteiger partial charge in [0.2, 0.25) is 0 Å². The Hall–Kier alpha value is -1.36. The zero-order chi connectivity index (χ0) is 11.1. The van der Waals surface area contributed by atoms with Crippen molar-refractivity contribution in [3.63, 3.8) is 0 Å². The summed E-state index contributed by atoms with van der Waals surface area (Å²) in [6, 6.07) is 2.04. The standard InChI is InChI=1S/C10H15N3O2/c1-7-3-5-13(12-7)8-2-4-10(11,6-8)9(14)15/h3,5,8H,2,4,6,11H2,1H3,(H,14,15). The minimum atomic E-state index is -1.06. The summed E-state index contributed by atoms with van der Waals surface area (Å²) in [6.45, 7) is 1.92. The highest BCUT2D eigenvalue weighted by molar-refractivity contribution is 5.78. The molecule has 1 aromatic heterocycles. The molecule has 0 aromatic carbocycles. The summed E-state index contributed by atoms with van der Waals surface area (Å²) in [6.07, 6.45) is 3.65. The number of carboxylic acid groups (broad SMARTS) is 1. The Kier molecular flexibility index (Phi) is 2.26. The molecule has 5 nitrogen and oxygen atoms in total. The SMILES string of the molecule is Cc1ccn(C2CCC(N)(C(=O)O)C2)n1. The molecule has 2 rings (SSSR count). The van der Waals surface area contributed by atoms with E-state index in [1.54, 1.807) is 0 Å². The number of aryl methyl sites for hydroxylation is 1. The predicted octanol–water partition coefficient (Wildman–Crippen LogP) is 0.699. The average Bonchev–Trinajstić information content (AvgIpc) is 2.73. The summed E-state index contributed by atoms with van der Waals surface area (Å²) in [5.41, 5.74) is 5.68. The molecule has 1 heterocycles. The van der Waals surface area contributed by atoms with Crippen LogP contribution >= 0.6 is 0 Å². The number of nitrogens with two attached hydrogens (primary N) is 1. The summed E-state index contributed by atoms with van der Waals surface area (Å²) in [4.78, 5) is 11.0. The normalized spacial score (nSPS) is 30.7. The molecule has 1 fully saturated rings. The van der Waals surface area contributed by atoms with Gasteiger partial charge in [0.25, 0.3) is 0 Å².